The normalized spacial score (nSPS) is 12.5. The fourth-order valence-corrected chi connectivity index (χ4v) is 2.78. The minimum Gasteiger partial charge on any atom is -0.309 e. The van der Waals surface area contributed by atoms with Gasteiger partial charge in [-0.1, -0.05) is 11.6 Å². The molecule has 0 radical (unpaired) electrons. The van der Waals surface area contributed by atoms with Gasteiger partial charge in [-0.25, -0.2) is 8.78 Å². The first-order valence-corrected chi connectivity index (χ1v) is 7.05. The molecule has 2 aromatic rings. The van der Waals surface area contributed by atoms with Crippen LogP contribution in [0.2, 0.25) is 5.02 Å². The van der Waals surface area contributed by atoms with Crippen molar-refractivity contribution in [3.63, 3.8) is 0 Å². The van der Waals surface area contributed by atoms with E-state index in [1.807, 2.05) is 6.07 Å². The highest BCUT2D eigenvalue weighted by Gasteiger charge is 2.19. The maximum atomic E-state index is 13.9. The number of hydrogen-bond acceptors (Lipinski definition) is 1. The van der Waals surface area contributed by atoms with E-state index in [9.17, 15) is 8.78 Å². The lowest BCUT2D eigenvalue weighted by Crippen LogP contribution is -2.20. The fourth-order valence-electron chi connectivity index (χ4n) is 1.95. The zero-order valence-corrected chi connectivity index (χ0v) is 13.0. The van der Waals surface area contributed by atoms with Crippen LogP contribution in [-0.2, 0) is 0 Å². The summed E-state index contributed by atoms with van der Waals surface area (Å²) in [5, 5.41) is 3.56. The Morgan fingerprint density at radius 2 is 1.84 bits per heavy atom. The van der Waals surface area contributed by atoms with Crippen LogP contribution in [0.4, 0.5) is 8.78 Å². The van der Waals surface area contributed by atoms with Crippen LogP contribution in [0.5, 0.6) is 0 Å². The van der Waals surface area contributed by atoms with Crippen molar-refractivity contribution in [2.24, 2.45) is 0 Å². The van der Waals surface area contributed by atoms with Crippen molar-refractivity contribution in [3.05, 3.63) is 67.8 Å². The minimum absolute atomic E-state index is 0.266. The molecule has 19 heavy (non-hydrogen) atoms. The van der Waals surface area contributed by atoms with Gasteiger partial charge in [0.25, 0.3) is 0 Å². The molecule has 1 nitrogen and oxygen atoms in total. The number of benzene rings is 2. The summed E-state index contributed by atoms with van der Waals surface area (Å²) in [7, 11) is 1.70. The van der Waals surface area contributed by atoms with Crippen molar-refractivity contribution < 1.29 is 8.78 Å². The van der Waals surface area contributed by atoms with Crippen LogP contribution in [0.15, 0.2) is 36.4 Å². The highest BCUT2D eigenvalue weighted by Crippen LogP contribution is 2.30. The Balaban J connectivity index is 2.55. The molecular formula is C14H11ClF2IN. The summed E-state index contributed by atoms with van der Waals surface area (Å²) in [6.45, 7) is 0. The van der Waals surface area contributed by atoms with Crippen LogP contribution in [0.3, 0.4) is 0 Å². The Morgan fingerprint density at radius 3 is 2.53 bits per heavy atom. The summed E-state index contributed by atoms with van der Waals surface area (Å²) in [5.41, 5.74) is 1.09. The topological polar surface area (TPSA) is 12.0 Å². The minimum atomic E-state index is -0.464. The molecule has 100 valence electrons. The van der Waals surface area contributed by atoms with E-state index < -0.39 is 17.7 Å². The van der Waals surface area contributed by atoms with Crippen LogP contribution in [0.1, 0.15) is 17.2 Å². The average molecular weight is 394 g/mol. The highest BCUT2D eigenvalue weighted by atomic mass is 127. The quantitative estimate of drug-likeness (QED) is 0.756. The van der Waals surface area contributed by atoms with Crippen molar-refractivity contribution in [1.29, 1.82) is 0 Å². The molecule has 0 spiro atoms. The van der Waals surface area contributed by atoms with Crippen molar-refractivity contribution >= 4 is 34.2 Å². The Kier molecular flexibility index (Phi) is 4.76. The van der Waals surface area contributed by atoms with E-state index in [1.165, 1.54) is 6.07 Å². The number of nitrogens with one attached hydrogen (secondary N) is 1. The Morgan fingerprint density at radius 1 is 1.11 bits per heavy atom. The number of rotatable bonds is 3. The van der Waals surface area contributed by atoms with E-state index >= 15 is 0 Å². The predicted molar refractivity (Wildman–Crippen MR) is 81.4 cm³/mol. The van der Waals surface area contributed by atoms with Gasteiger partial charge in [0.05, 0.1) is 6.04 Å². The molecule has 0 heterocycles. The largest absolute Gasteiger partial charge is 0.309 e. The summed E-state index contributed by atoms with van der Waals surface area (Å²) < 4.78 is 28.1. The Labute approximate surface area is 129 Å². The van der Waals surface area contributed by atoms with Gasteiger partial charge in [0, 0.05) is 14.2 Å². The molecule has 0 saturated carbocycles. The number of halogens is 4. The summed E-state index contributed by atoms with van der Waals surface area (Å²) in [6, 6.07) is 8.37. The molecular weight excluding hydrogens is 383 g/mol. The van der Waals surface area contributed by atoms with Crippen LogP contribution in [0, 0.1) is 15.2 Å². The third-order valence-corrected chi connectivity index (χ3v) is 4.04. The van der Waals surface area contributed by atoms with E-state index in [4.69, 9.17) is 11.6 Å². The summed E-state index contributed by atoms with van der Waals surface area (Å²) in [6.07, 6.45) is 0. The van der Waals surface area contributed by atoms with Crippen molar-refractivity contribution in [1.82, 2.24) is 5.32 Å². The molecule has 1 N–H and O–H groups in total. The van der Waals surface area contributed by atoms with E-state index in [1.54, 1.807) is 19.2 Å². The molecule has 0 aliphatic carbocycles. The smallest absolute Gasteiger partial charge is 0.128 e. The van der Waals surface area contributed by atoms with Crippen LogP contribution < -0.4 is 5.32 Å². The van der Waals surface area contributed by atoms with Crippen molar-refractivity contribution in [2.75, 3.05) is 7.05 Å². The van der Waals surface area contributed by atoms with Crippen LogP contribution in [0.25, 0.3) is 0 Å². The van der Waals surface area contributed by atoms with Gasteiger partial charge in [0.15, 0.2) is 0 Å². The van der Waals surface area contributed by atoms with Crippen molar-refractivity contribution in [2.45, 2.75) is 6.04 Å². The van der Waals surface area contributed by atoms with E-state index in [2.05, 4.69) is 27.9 Å². The van der Waals surface area contributed by atoms with Gasteiger partial charge in [-0.2, -0.15) is 0 Å². The van der Waals surface area contributed by atoms with E-state index in [-0.39, 0.29) is 5.56 Å². The second kappa shape index (κ2) is 6.15. The molecule has 2 aromatic carbocycles. The van der Waals surface area contributed by atoms with E-state index in [0.29, 0.717) is 5.02 Å². The standard InChI is InChI=1S/C14H11ClF2IN/c1-19-14(10-7-9(16)3-4-12(10)17)11-6-8(15)2-5-13(11)18/h2-7,14,19H,1H3. The van der Waals surface area contributed by atoms with E-state index in [0.717, 1.165) is 21.3 Å². The fraction of sp³-hybridized carbons (Fsp3) is 0.143. The molecule has 0 aliphatic heterocycles. The first kappa shape index (κ1) is 14.7. The third-order valence-electron chi connectivity index (χ3n) is 2.83. The van der Waals surface area contributed by atoms with Crippen LogP contribution >= 0.6 is 34.2 Å². The molecule has 1 unspecified atom stereocenters. The molecule has 5 heteroatoms. The Bertz CT molecular complexity index is 552. The second-order valence-corrected chi connectivity index (χ2v) is 5.65. The first-order chi connectivity index (χ1) is 9.02. The summed E-state index contributed by atoms with van der Waals surface area (Å²) in [5.74, 6) is -0.912. The van der Waals surface area contributed by atoms with Gasteiger partial charge in [-0.15, -0.1) is 0 Å². The molecule has 0 saturated heterocycles. The zero-order valence-electron chi connectivity index (χ0n) is 10.1. The SMILES string of the molecule is CNC(c1cc(F)ccc1F)c1cc(Cl)ccc1I. The lowest BCUT2D eigenvalue weighted by atomic mass is 9.98. The zero-order chi connectivity index (χ0) is 14.0. The molecule has 2 rings (SSSR count). The second-order valence-electron chi connectivity index (χ2n) is 4.05. The number of hydrogen-bond donors (Lipinski definition) is 1. The van der Waals surface area contributed by atoms with Gasteiger partial charge in [0.1, 0.15) is 11.6 Å². The molecule has 0 fully saturated rings. The average Bonchev–Trinajstić information content (AvgIpc) is 2.38. The lowest BCUT2D eigenvalue weighted by molar-refractivity contribution is 0.557. The highest BCUT2D eigenvalue weighted by molar-refractivity contribution is 14.1. The Hall–Kier alpha value is -0.720. The predicted octanol–water partition coefficient (Wildman–Crippen LogP) is 4.53. The van der Waals surface area contributed by atoms with Gasteiger partial charge in [0.2, 0.25) is 0 Å². The third kappa shape index (κ3) is 3.24. The van der Waals surface area contributed by atoms with Crippen molar-refractivity contribution in [3.8, 4) is 0 Å². The molecule has 0 aromatic heterocycles. The monoisotopic (exact) mass is 393 g/mol. The lowest BCUT2D eigenvalue weighted by Gasteiger charge is -2.19. The molecule has 1 atom stereocenters. The maximum absolute atomic E-state index is 13.9. The van der Waals surface area contributed by atoms with Crippen LogP contribution in [-0.4, -0.2) is 7.05 Å². The van der Waals surface area contributed by atoms with Gasteiger partial charge >= 0.3 is 0 Å². The summed E-state index contributed by atoms with van der Waals surface area (Å²) in [4.78, 5) is 0. The molecule has 0 aliphatic rings. The van der Waals surface area contributed by atoms with Gasteiger partial charge in [-0.3, -0.25) is 0 Å². The first-order valence-electron chi connectivity index (χ1n) is 5.60. The maximum Gasteiger partial charge on any atom is 0.128 e. The van der Waals surface area contributed by atoms with Gasteiger partial charge in [-0.05, 0) is 71.6 Å². The van der Waals surface area contributed by atoms with Gasteiger partial charge < -0.3 is 5.32 Å². The summed E-state index contributed by atoms with van der Waals surface area (Å²) >= 11 is 8.13. The molecule has 0 bridgehead atoms. The molecule has 0 amide bonds.